The van der Waals surface area contributed by atoms with Crippen molar-refractivity contribution in [1.82, 2.24) is 5.32 Å². The lowest BCUT2D eigenvalue weighted by molar-refractivity contribution is -0.123. The molecule has 0 aromatic heterocycles. The smallest absolute Gasteiger partial charge is 0.220 e. The average molecular weight is 294 g/mol. The van der Waals surface area contributed by atoms with Crippen LogP contribution < -0.4 is 5.32 Å². The van der Waals surface area contributed by atoms with Gasteiger partial charge in [0.2, 0.25) is 5.91 Å². The van der Waals surface area contributed by atoms with E-state index in [4.69, 9.17) is 16.3 Å². The Morgan fingerprint density at radius 2 is 2.00 bits per heavy atom. The molecule has 0 bridgehead atoms. The molecule has 4 heteroatoms. The van der Waals surface area contributed by atoms with Crippen LogP contribution in [0.25, 0.3) is 0 Å². The van der Waals surface area contributed by atoms with Crippen molar-refractivity contribution in [2.75, 3.05) is 6.61 Å². The summed E-state index contributed by atoms with van der Waals surface area (Å²) in [6.07, 6.45) is 5.19. The van der Waals surface area contributed by atoms with Gasteiger partial charge in [-0.05, 0) is 42.9 Å². The molecule has 2 atom stereocenters. The Balaban J connectivity index is 1.60. The van der Waals surface area contributed by atoms with Gasteiger partial charge in [0.05, 0.1) is 6.04 Å². The number of hydrogen-bond donors (Lipinski definition) is 1. The lowest BCUT2D eigenvalue weighted by Crippen LogP contribution is -2.38. The molecule has 1 amide bonds. The number of rotatable bonds is 4. The molecule has 3 nitrogen and oxygen atoms in total. The molecule has 1 aliphatic carbocycles. The van der Waals surface area contributed by atoms with Crippen molar-refractivity contribution in [3.8, 4) is 0 Å². The maximum absolute atomic E-state index is 12.0. The first-order valence-corrected chi connectivity index (χ1v) is 7.76. The Labute approximate surface area is 124 Å². The molecule has 0 spiro atoms. The van der Waals surface area contributed by atoms with Crippen LogP contribution in [-0.2, 0) is 9.53 Å². The number of nitrogens with one attached hydrogen (secondary N) is 1. The van der Waals surface area contributed by atoms with Crippen molar-refractivity contribution < 1.29 is 9.53 Å². The molecule has 1 heterocycles. The molecule has 2 fully saturated rings. The summed E-state index contributed by atoms with van der Waals surface area (Å²) >= 11 is 5.91. The van der Waals surface area contributed by atoms with Crippen molar-refractivity contribution >= 4 is 17.5 Å². The second-order valence-corrected chi connectivity index (χ2v) is 6.24. The van der Waals surface area contributed by atoms with Crippen LogP contribution in [0.2, 0.25) is 5.02 Å². The molecule has 0 radical (unpaired) electrons. The van der Waals surface area contributed by atoms with Gasteiger partial charge in [0.25, 0.3) is 0 Å². The van der Waals surface area contributed by atoms with Crippen LogP contribution in [-0.4, -0.2) is 18.6 Å². The Hall–Kier alpha value is -1.06. The number of ether oxygens (including phenoxy) is 1. The molecule has 1 aromatic rings. The zero-order valence-corrected chi connectivity index (χ0v) is 12.2. The molecule has 1 N–H and O–H groups in total. The van der Waals surface area contributed by atoms with Gasteiger partial charge < -0.3 is 10.1 Å². The van der Waals surface area contributed by atoms with Gasteiger partial charge in [-0.3, -0.25) is 4.79 Å². The second kappa shape index (κ2) is 6.15. The van der Waals surface area contributed by atoms with Crippen LogP contribution in [0.3, 0.4) is 0 Å². The van der Waals surface area contributed by atoms with E-state index in [0.717, 1.165) is 17.0 Å². The van der Waals surface area contributed by atoms with E-state index in [-0.39, 0.29) is 18.1 Å². The van der Waals surface area contributed by atoms with Gasteiger partial charge in [0, 0.05) is 18.1 Å². The van der Waals surface area contributed by atoms with Gasteiger partial charge in [-0.1, -0.05) is 30.2 Å². The summed E-state index contributed by atoms with van der Waals surface area (Å²) in [4.78, 5) is 12.0. The maximum atomic E-state index is 12.0. The van der Waals surface area contributed by atoms with Crippen LogP contribution >= 0.6 is 11.6 Å². The van der Waals surface area contributed by atoms with Crippen molar-refractivity contribution in [1.29, 1.82) is 0 Å². The van der Waals surface area contributed by atoms with Crippen LogP contribution in [0.1, 0.15) is 43.8 Å². The summed E-state index contributed by atoms with van der Waals surface area (Å²) in [7, 11) is 0. The van der Waals surface area contributed by atoms with Crippen molar-refractivity contribution in [2.24, 2.45) is 5.92 Å². The van der Waals surface area contributed by atoms with E-state index in [9.17, 15) is 4.79 Å². The average Bonchev–Trinajstić information content (AvgIpc) is 2.83. The van der Waals surface area contributed by atoms with E-state index in [1.54, 1.807) is 0 Å². The largest absolute Gasteiger partial charge is 0.371 e. The third kappa shape index (κ3) is 3.15. The normalized spacial score (nSPS) is 26.2. The monoisotopic (exact) mass is 293 g/mol. The predicted molar refractivity (Wildman–Crippen MR) is 78.7 cm³/mol. The molecule has 1 aromatic carbocycles. The Bertz CT molecular complexity index is 470. The topological polar surface area (TPSA) is 38.3 Å². The molecule has 1 aliphatic heterocycles. The first kappa shape index (κ1) is 13.9. The highest BCUT2D eigenvalue weighted by Crippen LogP contribution is 2.32. The SMILES string of the molecule is O=C(CC1CCC1)N[C@@H]1CCO[C@@H]1c1ccc(Cl)cc1. The first-order chi connectivity index (χ1) is 9.72. The zero-order chi connectivity index (χ0) is 13.9. The molecule has 20 heavy (non-hydrogen) atoms. The summed E-state index contributed by atoms with van der Waals surface area (Å²) in [5.41, 5.74) is 1.08. The van der Waals surface area contributed by atoms with Crippen LogP contribution in [0, 0.1) is 5.92 Å². The predicted octanol–water partition coefficient (Wildman–Crippen LogP) is 3.48. The van der Waals surface area contributed by atoms with Gasteiger partial charge in [0.1, 0.15) is 6.10 Å². The standard InChI is InChI=1S/C16H20ClNO2/c17-13-6-4-12(5-7-13)16-14(8-9-20-16)18-15(19)10-11-2-1-3-11/h4-7,11,14,16H,1-3,8-10H2,(H,18,19)/t14-,16-/m1/s1. The van der Waals surface area contributed by atoms with E-state index < -0.39 is 0 Å². The van der Waals surface area contributed by atoms with Crippen molar-refractivity contribution in [3.05, 3.63) is 34.9 Å². The number of amides is 1. The highest BCUT2D eigenvalue weighted by atomic mass is 35.5. The Kier molecular flexibility index (Phi) is 4.27. The van der Waals surface area contributed by atoms with Crippen LogP contribution in [0.15, 0.2) is 24.3 Å². The van der Waals surface area contributed by atoms with Crippen LogP contribution in [0.5, 0.6) is 0 Å². The quantitative estimate of drug-likeness (QED) is 0.923. The Morgan fingerprint density at radius 1 is 1.25 bits per heavy atom. The fraction of sp³-hybridized carbons (Fsp3) is 0.562. The fourth-order valence-electron chi connectivity index (χ4n) is 2.94. The van der Waals surface area contributed by atoms with Gasteiger partial charge in [-0.25, -0.2) is 0 Å². The lowest BCUT2D eigenvalue weighted by atomic mass is 9.83. The fourth-order valence-corrected chi connectivity index (χ4v) is 3.07. The molecule has 108 valence electrons. The summed E-state index contributed by atoms with van der Waals surface area (Å²) in [6.45, 7) is 0.696. The van der Waals surface area contributed by atoms with E-state index >= 15 is 0 Å². The molecular weight excluding hydrogens is 274 g/mol. The van der Waals surface area contributed by atoms with Gasteiger partial charge >= 0.3 is 0 Å². The van der Waals surface area contributed by atoms with Crippen molar-refractivity contribution in [2.45, 2.75) is 44.2 Å². The molecule has 0 unspecified atom stereocenters. The summed E-state index contributed by atoms with van der Waals surface area (Å²) in [6, 6.07) is 7.77. The summed E-state index contributed by atoms with van der Waals surface area (Å²) in [5, 5.41) is 3.86. The molecule has 1 saturated heterocycles. The van der Waals surface area contributed by atoms with E-state index in [2.05, 4.69) is 5.32 Å². The van der Waals surface area contributed by atoms with E-state index in [0.29, 0.717) is 18.9 Å². The van der Waals surface area contributed by atoms with Crippen LogP contribution in [0.4, 0.5) is 0 Å². The first-order valence-electron chi connectivity index (χ1n) is 7.39. The number of carbonyl (C=O) groups excluding carboxylic acids is 1. The minimum atomic E-state index is -0.0439. The number of hydrogen-bond acceptors (Lipinski definition) is 2. The number of halogens is 1. The van der Waals surface area contributed by atoms with E-state index in [1.165, 1.54) is 19.3 Å². The molecular formula is C16H20ClNO2. The minimum absolute atomic E-state index is 0.0439. The minimum Gasteiger partial charge on any atom is -0.371 e. The number of carbonyl (C=O) groups is 1. The third-order valence-electron chi connectivity index (χ3n) is 4.34. The van der Waals surface area contributed by atoms with Gasteiger partial charge in [-0.2, -0.15) is 0 Å². The molecule has 1 saturated carbocycles. The maximum Gasteiger partial charge on any atom is 0.220 e. The lowest BCUT2D eigenvalue weighted by Gasteiger charge is -2.26. The van der Waals surface area contributed by atoms with Crippen molar-refractivity contribution in [3.63, 3.8) is 0 Å². The second-order valence-electron chi connectivity index (χ2n) is 5.81. The summed E-state index contributed by atoms with van der Waals surface area (Å²) < 4.78 is 5.78. The third-order valence-corrected chi connectivity index (χ3v) is 4.59. The van der Waals surface area contributed by atoms with Gasteiger partial charge in [0.15, 0.2) is 0 Å². The summed E-state index contributed by atoms with van der Waals surface area (Å²) in [5.74, 6) is 0.774. The highest BCUT2D eigenvalue weighted by Gasteiger charge is 2.31. The molecule has 3 rings (SSSR count). The number of benzene rings is 1. The molecule has 2 aliphatic rings. The van der Waals surface area contributed by atoms with E-state index in [1.807, 2.05) is 24.3 Å². The Morgan fingerprint density at radius 3 is 2.65 bits per heavy atom. The van der Waals surface area contributed by atoms with Gasteiger partial charge in [-0.15, -0.1) is 0 Å². The highest BCUT2D eigenvalue weighted by molar-refractivity contribution is 6.30. The zero-order valence-electron chi connectivity index (χ0n) is 11.5.